The van der Waals surface area contributed by atoms with Crippen LogP contribution in [-0.2, 0) is 11.3 Å². The first-order chi connectivity index (χ1) is 13.4. The molecule has 2 aromatic carbocycles. The van der Waals surface area contributed by atoms with Crippen LogP contribution in [0.5, 0.6) is 0 Å². The summed E-state index contributed by atoms with van der Waals surface area (Å²) in [5, 5.41) is 0. The summed E-state index contributed by atoms with van der Waals surface area (Å²) < 4.78 is 5.55. The summed E-state index contributed by atoms with van der Waals surface area (Å²) in [7, 11) is 0. The molecule has 0 heterocycles. The minimum absolute atomic E-state index is 0.241. The second-order valence-electron chi connectivity index (χ2n) is 7.90. The molecule has 3 heteroatoms. The van der Waals surface area contributed by atoms with Crippen LogP contribution in [0.1, 0.15) is 50.3 Å². The van der Waals surface area contributed by atoms with Gasteiger partial charge >= 0.3 is 6.09 Å². The van der Waals surface area contributed by atoms with Crippen LogP contribution in [0.25, 0.3) is 0 Å². The molecule has 1 amide bonds. The highest BCUT2D eigenvalue weighted by atomic mass is 16.6. The maximum Gasteiger partial charge on any atom is 0.410 e. The monoisotopic (exact) mass is 371 g/mol. The Morgan fingerprint density at radius 2 is 1.54 bits per heavy atom. The first-order valence-corrected chi connectivity index (χ1v) is 9.56. The van der Waals surface area contributed by atoms with Gasteiger partial charge in [0.15, 0.2) is 0 Å². The Morgan fingerprint density at radius 1 is 0.964 bits per heavy atom. The number of carbonyl (C=O) groups is 1. The van der Waals surface area contributed by atoms with Gasteiger partial charge in [-0.1, -0.05) is 42.2 Å². The molecule has 0 aromatic heterocycles. The molecule has 0 N–H and O–H groups in total. The third kappa shape index (κ3) is 6.22. The van der Waals surface area contributed by atoms with E-state index in [-0.39, 0.29) is 6.09 Å². The van der Waals surface area contributed by atoms with Gasteiger partial charge in [-0.05, 0) is 75.3 Å². The lowest BCUT2D eigenvalue weighted by Crippen LogP contribution is -2.37. The average molecular weight is 371 g/mol. The van der Waals surface area contributed by atoms with Gasteiger partial charge in [0.1, 0.15) is 5.60 Å². The molecule has 0 spiro atoms. The van der Waals surface area contributed by atoms with E-state index in [4.69, 9.17) is 4.74 Å². The first-order valence-electron chi connectivity index (χ1n) is 9.56. The molecule has 0 radical (unpaired) electrons. The highest BCUT2D eigenvalue weighted by Crippen LogP contribution is 2.30. The molecule has 0 aliphatic heterocycles. The number of rotatable bonds is 3. The molecule has 3 nitrogen and oxygen atoms in total. The van der Waals surface area contributed by atoms with E-state index in [2.05, 4.69) is 23.7 Å². The van der Waals surface area contributed by atoms with E-state index in [0.717, 1.165) is 29.5 Å². The molecule has 28 heavy (non-hydrogen) atoms. The summed E-state index contributed by atoms with van der Waals surface area (Å²) in [6.07, 6.45) is 1.85. The zero-order valence-electron chi connectivity index (χ0n) is 16.7. The van der Waals surface area contributed by atoms with E-state index in [0.29, 0.717) is 12.6 Å². The highest BCUT2D eigenvalue weighted by Gasteiger charge is 2.35. The van der Waals surface area contributed by atoms with Crippen molar-refractivity contribution < 1.29 is 9.53 Å². The summed E-state index contributed by atoms with van der Waals surface area (Å²) >= 11 is 0. The van der Waals surface area contributed by atoms with Gasteiger partial charge in [0.25, 0.3) is 0 Å². The highest BCUT2D eigenvalue weighted by molar-refractivity contribution is 5.69. The van der Waals surface area contributed by atoms with E-state index < -0.39 is 5.60 Å². The van der Waals surface area contributed by atoms with Crippen LogP contribution in [0.2, 0.25) is 0 Å². The van der Waals surface area contributed by atoms with E-state index in [1.54, 1.807) is 0 Å². The van der Waals surface area contributed by atoms with Crippen LogP contribution < -0.4 is 0 Å². The van der Waals surface area contributed by atoms with Crippen LogP contribution >= 0.6 is 0 Å². The van der Waals surface area contributed by atoms with Crippen molar-refractivity contribution in [2.45, 2.75) is 51.8 Å². The maximum absolute atomic E-state index is 12.5. The van der Waals surface area contributed by atoms with Crippen molar-refractivity contribution in [2.75, 3.05) is 0 Å². The summed E-state index contributed by atoms with van der Waals surface area (Å²) in [6.45, 7) is 6.24. The fourth-order valence-electron chi connectivity index (χ4n) is 2.67. The molecule has 0 atom stereocenters. The fourth-order valence-corrected chi connectivity index (χ4v) is 2.67. The van der Waals surface area contributed by atoms with Crippen molar-refractivity contribution in [2.24, 2.45) is 0 Å². The summed E-state index contributed by atoms with van der Waals surface area (Å²) in [5.74, 6) is 11.8. The summed E-state index contributed by atoms with van der Waals surface area (Å²) in [4.78, 5) is 14.3. The van der Waals surface area contributed by atoms with E-state index >= 15 is 0 Å². The van der Waals surface area contributed by atoms with Crippen molar-refractivity contribution in [3.05, 3.63) is 71.3 Å². The van der Waals surface area contributed by atoms with Crippen molar-refractivity contribution in [3.63, 3.8) is 0 Å². The molecule has 0 bridgehead atoms. The van der Waals surface area contributed by atoms with Crippen molar-refractivity contribution in [3.8, 4) is 23.7 Å². The Bertz CT molecular complexity index is 928. The molecule has 3 rings (SSSR count). The topological polar surface area (TPSA) is 29.5 Å². The summed E-state index contributed by atoms with van der Waals surface area (Å²) in [5.41, 5.74) is 2.44. The second-order valence-corrected chi connectivity index (χ2v) is 7.90. The molecular weight excluding hydrogens is 346 g/mol. The number of hydrogen-bond acceptors (Lipinski definition) is 2. The van der Waals surface area contributed by atoms with Crippen molar-refractivity contribution >= 4 is 6.09 Å². The number of amides is 1. The Kier molecular flexibility index (Phi) is 6.07. The normalized spacial score (nSPS) is 12.8. The number of ether oxygens (including phenoxy) is 1. The number of carbonyl (C=O) groups excluding carboxylic acids is 1. The maximum atomic E-state index is 12.5. The van der Waals surface area contributed by atoms with Gasteiger partial charge in [-0.3, -0.25) is 0 Å². The van der Waals surface area contributed by atoms with Gasteiger partial charge in [0.2, 0.25) is 0 Å². The van der Waals surface area contributed by atoms with E-state index in [1.165, 1.54) is 0 Å². The molecule has 0 saturated heterocycles. The second kappa shape index (κ2) is 8.68. The Hall–Kier alpha value is -3.17. The van der Waals surface area contributed by atoms with Crippen molar-refractivity contribution in [1.29, 1.82) is 0 Å². The predicted octanol–water partition coefficient (Wildman–Crippen LogP) is 4.99. The zero-order valence-corrected chi connectivity index (χ0v) is 16.7. The number of benzene rings is 2. The van der Waals surface area contributed by atoms with Crippen molar-refractivity contribution in [1.82, 2.24) is 4.90 Å². The molecule has 1 saturated carbocycles. The smallest absolute Gasteiger partial charge is 0.410 e. The van der Waals surface area contributed by atoms with Gasteiger partial charge < -0.3 is 9.64 Å². The molecule has 2 aromatic rings. The zero-order chi connectivity index (χ0) is 20.0. The van der Waals surface area contributed by atoms with Crippen LogP contribution in [0.3, 0.4) is 0 Å². The largest absolute Gasteiger partial charge is 0.444 e. The lowest BCUT2D eigenvalue weighted by Gasteiger charge is -2.27. The minimum Gasteiger partial charge on any atom is -0.444 e. The minimum atomic E-state index is -0.482. The first kappa shape index (κ1) is 19.6. The lowest BCUT2D eigenvalue weighted by atomic mass is 10.1. The van der Waals surface area contributed by atoms with Crippen LogP contribution in [-0.4, -0.2) is 22.6 Å². The van der Waals surface area contributed by atoms with Crippen LogP contribution in [0, 0.1) is 23.7 Å². The molecular formula is C25H25NO2. The van der Waals surface area contributed by atoms with Crippen LogP contribution in [0.15, 0.2) is 54.6 Å². The molecule has 0 unspecified atom stereocenters. The average Bonchev–Trinajstić information content (AvgIpc) is 3.49. The predicted molar refractivity (Wildman–Crippen MR) is 111 cm³/mol. The Morgan fingerprint density at radius 3 is 2.07 bits per heavy atom. The number of hydrogen-bond donors (Lipinski definition) is 0. The molecule has 142 valence electrons. The SMILES string of the molecule is CC(C)(C)OC(=O)N(Cc1ccc(C#CC#Cc2ccccc2)cc1)C1CC1. The number of nitrogens with zero attached hydrogens (tertiary/aromatic N) is 1. The quantitative estimate of drug-likeness (QED) is 0.712. The van der Waals surface area contributed by atoms with Gasteiger partial charge in [0, 0.05) is 23.7 Å². The van der Waals surface area contributed by atoms with Crippen LogP contribution in [0.4, 0.5) is 4.79 Å². The molecule has 1 aliphatic rings. The van der Waals surface area contributed by atoms with Gasteiger partial charge in [-0.25, -0.2) is 4.79 Å². The third-order valence-corrected chi connectivity index (χ3v) is 4.17. The van der Waals surface area contributed by atoms with E-state index in [1.807, 2.05) is 80.3 Å². The van der Waals surface area contributed by atoms with Gasteiger partial charge in [-0.2, -0.15) is 0 Å². The van der Waals surface area contributed by atoms with E-state index in [9.17, 15) is 4.79 Å². The lowest BCUT2D eigenvalue weighted by molar-refractivity contribution is 0.0216. The Labute approximate surface area is 167 Å². The third-order valence-electron chi connectivity index (χ3n) is 4.17. The fraction of sp³-hybridized carbons (Fsp3) is 0.320. The standard InChI is InChI=1S/C25H25NO2/c1-25(2,3)28-24(27)26(23-17-18-23)19-22-15-13-21(14-16-22)12-8-7-11-20-9-5-4-6-10-20/h4-6,9-10,13-16,23H,17-19H2,1-3H3. The van der Waals surface area contributed by atoms with Gasteiger partial charge in [0.05, 0.1) is 0 Å². The van der Waals surface area contributed by atoms with Gasteiger partial charge in [-0.15, -0.1) is 0 Å². The molecule has 1 aliphatic carbocycles. The Balaban J connectivity index is 1.62. The molecule has 1 fully saturated rings. The summed E-state index contributed by atoms with van der Waals surface area (Å²) in [6, 6.07) is 18.0.